The molecule has 4 rings (SSSR count). The normalized spacial score (nSPS) is 10.8. The fourth-order valence-corrected chi connectivity index (χ4v) is 3.32. The molecule has 0 unspecified atom stereocenters. The van der Waals surface area contributed by atoms with Crippen LogP contribution in [0.3, 0.4) is 0 Å². The van der Waals surface area contributed by atoms with Crippen LogP contribution in [0.1, 0.15) is 22.6 Å². The van der Waals surface area contributed by atoms with Crippen LogP contribution in [0.5, 0.6) is 0 Å². The minimum absolute atomic E-state index is 0.146. The van der Waals surface area contributed by atoms with E-state index >= 15 is 0 Å². The summed E-state index contributed by atoms with van der Waals surface area (Å²) in [6, 6.07) is 25.9. The van der Waals surface area contributed by atoms with E-state index in [1.807, 2.05) is 60.7 Å². The molecule has 0 radical (unpaired) electrons. The van der Waals surface area contributed by atoms with Gasteiger partial charge in [-0.1, -0.05) is 78.9 Å². The first-order valence-electron chi connectivity index (χ1n) is 9.37. The van der Waals surface area contributed by atoms with E-state index in [1.54, 1.807) is 35.3 Å². The molecular formula is C24H20FN3O. The van der Waals surface area contributed by atoms with Crippen LogP contribution in [0.4, 0.5) is 10.1 Å². The fourth-order valence-electron chi connectivity index (χ4n) is 3.32. The summed E-state index contributed by atoms with van der Waals surface area (Å²) in [5, 5.41) is 7.19. The molecule has 0 fully saturated rings. The number of aromatic nitrogens is 2. The molecule has 0 aliphatic rings. The Bertz CT molecular complexity index is 1050. The summed E-state index contributed by atoms with van der Waals surface area (Å²) in [5.74, 6) is -0.859. The zero-order valence-electron chi connectivity index (χ0n) is 15.7. The molecule has 29 heavy (non-hydrogen) atoms. The first kappa shape index (κ1) is 18.6. The zero-order valence-corrected chi connectivity index (χ0v) is 15.7. The number of anilines is 1. The van der Waals surface area contributed by atoms with Crippen molar-refractivity contribution in [2.24, 2.45) is 0 Å². The van der Waals surface area contributed by atoms with Gasteiger partial charge in [-0.2, -0.15) is 5.10 Å². The van der Waals surface area contributed by atoms with E-state index in [2.05, 4.69) is 10.4 Å². The highest BCUT2D eigenvalue weighted by molar-refractivity contribution is 5.98. The zero-order chi connectivity index (χ0) is 20.1. The van der Waals surface area contributed by atoms with Crippen molar-refractivity contribution in [1.29, 1.82) is 0 Å². The Kier molecular flexibility index (Phi) is 5.47. The highest BCUT2D eigenvalue weighted by Crippen LogP contribution is 2.26. The van der Waals surface area contributed by atoms with Crippen LogP contribution in [0.25, 0.3) is 0 Å². The topological polar surface area (TPSA) is 46.9 Å². The summed E-state index contributed by atoms with van der Waals surface area (Å²) in [7, 11) is 0. The third kappa shape index (κ3) is 4.41. The molecule has 0 saturated heterocycles. The average Bonchev–Trinajstić information content (AvgIpc) is 3.18. The van der Waals surface area contributed by atoms with Crippen molar-refractivity contribution in [3.63, 3.8) is 0 Å². The van der Waals surface area contributed by atoms with Crippen molar-refractivity contribution in [3.05, 3.63) is 120 Å². The molecule has 4 nitrogen and oxygen atoms in total. The molecule has 1 N–H and O–H groups in total. The van der Waals surface area contributed by atoms with E-state index in [9.17, 15) is 9.18 Å². The van der Waals surface area contributed by atoms with Crippen molar-refractivity contribution in [1.82, 2.24) is 9.78 Å². The number of carbonyl (C=O) groups is 1. The first-order valence-corrected chi connectivity index (χ1v) is 9.37. The van der Waals surface area contributed by atoms with Crippen LogP contribution < -0.4 is 5.32 Å². The Balaban J connectivity index is 1.54. The molecule has 5 heteroatoms. The van der Waals surface area contributed by atoms with Gasteiger partial charge in [-0.25, -0.2) is 4.39 Å². The number of amides is 1. The van der Waals surface area contributed by atoms with Crippen LogP contribution in [0.15, 0.2) is 97.3 Å². The molecule has 0 aliphatic heterocycles. The lowest BCUT2D eigenvalue weighted by Crippen LogP contribution is -2.22. The van der Waals surface area contributed by atoms with Crippen LogP contribution >= 0.6 is 0 Å². The SMILES string of the molecule is O=C(Nc1cnn(Cc2ccccc2F)c1)C(c1ccccc1)c1ccccc1. The predicted octanol–water partition coefficient (Wildman–Crippen LogP) is 4.84. The van der Waals surface area contributed by atoms with Crippen molar-refractivity contribution in [3.8, 4) is 0 Å². The lowest BCUT2D eigenvalue weighted by molar-refractivity contribution is -0.116. The number of benzene rings is 3. The van der Waals surface area contributed by atoms with Gasteiger partial charge in [-0.3, -0.25) is 9.48 Å². The maximum absolute atomic E-state index is 13.9. The van der Waals surface area contributed by atoms with Crippen molar-refractivity contribution in [2.75, 3.05) is 5.32 Å². The summed E-state index contributed by atoms with van der Waals surface area (Å²) in [5.41, 5.74) is 2.94. The smallest absolute Gasteiger partial charge is 0.236 e. The molecule has 1 aromatic heterocycles. The summed E-state index contributed by atoms with van der Waals surface area (Å²) in [6.45, 7) is 0.295. The van der Waals surface area contributed by atoms with Gasteiger partial charge in [0.2, 0.25) is 5.91 Å². The largest absolute Gasteiger partial charge is 0.323 e. The Morgan fingerprint density at radius 2 is 1.48 bits per heavy atom. The van der Waals surface area contributed by atoms with Crippen LogP contribution in [-0.2, 0) is 11.3 Å². The van der Waals surface area contributed by atoms with Gasteiger partial charge in [-0.05, 0) is 17.2 Å². The van der Waals surface area contributed by atoms with Gasteiger partial charge in [0.25, 0.3) is 0 Å². The molecule has 0 spiro atoms. The third-order valence-electron chi connectivity index (χ3n) is 4.72. The van der Waals surface area contributed by atoms with Crippen LogP contribution in [0.2, 0.25) is 0 Å². The summed E-state index contributed by atoms with van der Waals surface area (Å²) in [4.78, 5) is 13.1. The van der Waals surface area contributed by atoms with E-state index in [0.717, 1.165) is 11.1 Å². The highest BCUT2D eigenvalue weighted by atomic mass is 19.1. The predicted molar refractivity (Wildman–Crippen MR) is 111 cm³/mol. The summed E-state index contributed by atoms with van der Waals surface area (Å²) < 4.78 is 15.5. The van der Waals surface area contributed by atoms with Gasteiger partial charge in [-0.15, -0.1) is 0 Å². The second-order valence-corrected chi connectivity index (χ2v) is 6.76. The lowest BCUT2D eigenvalue weighted by Gasteiger charge is -2.17. The van der Waals surface area contributed by atoms with Gasteiger partial charge >= 0.3 is 0 Å². The monoisotopic (exact) mass is 385 g/mol. The maximum atomic E-state index is 13.9. The van der Waals surface area contributed by atoms with Crippen molar-refractivity contribution in [2.45, 2.75) is 12.5 Å². The second kappa shape index (κ2) is 8.52. The molecule has 0 bridgehead atoms. The minimum Gasteiger partial charge on any atom is -0.323 e. The molecule has 1 amide bonds. The van der Waals surface area contributed by atoms with Crippen LogP contribution in [-0.4, -0.2) is 15.7 Å². The van der Waals surface area contributed by atoms with E-state index in [4.69, 9.17) is 0 Å². The Morgan fingerprint density at radius 3 is 2.10 bits per heavy atom. The number of hydrogen-bond acceptors (Lipinski definition) is 2. The average molecular weight is 385 g/mol. The lowest BCUT2D eigenvalue weighted by atomic mass is 9.90. The number of nitrogens with zero attached hydrogens (tertiary/aromatic N) is 2. The Hall–Kier alpha value is -3.73. The van der Waals surface area contributed by atoms with E-state index in [-0.39, 0.29) is 11.7 Å². The number of hydrogen-bond donors (Lipinski definition) is 1. The molecule has 4 aromatic rings. The van der Waals surface area contributed by atoms with Gasteiger partial charge < -0.3 is 5.32 Å². The van der Waals surface area contributed by atoms with Crippen LogP contribution in [0, 0.1) is 5.82 Å². The fraction of sp³-hybridized carbons (Fsp3) is 0.0833. The number of nitrogens with one attached hydrogen (secondary N) is 1. The molecular weight excluding hydrogens is 365 g/mol. The first-order chi connectivity index (χ1) is 14.2. The van der Waals surface area contributed by atoms with E-state index in [1.165, 1.54) is 6.07 Å². The van der Waals surface area contributed by atoms with Gasteiger partial charge in [0.05, 0.1) is 24.3 Å². The Morgan fingerprint density at radius 1 is 0.897 bits per heavy atom. The van der Waals surface area contributed by atoms with Gasteiger partial charge in [0, 0.05) is 11.8 Å². The minimum atomic E-state index is -0.438. The summed E-state index contributed by atoms with van der Waals surface area (Å²) >= 11 is 0. The van der Waals surface area contributed by atoms with E-state index in [0.29, 0.717) is 17.8 Å². The summed E-state index contributed by atoms with van der Waals surface area (Å²) in [6.07, 6.45) is 3.28. The molecule has 1 heterocycles. The van der Waals surface area contributed by atoms with Crippen molar-refractivity contribution < 1.29 is 9.18 Å². The second-order valence-electron chi connectivity index (χ2n) is 6.76. The number of carbonyl (C=O) groups excluding carboxylic acids is 1. The highest BCUT2D eigenvalue weighted by Gasteiger charge is 2.23. The van der Waals surface area contributed by atoms with Gasteiger partial charge in [0.15, 0.2) is 0 Å². The Labute approximate surface area is 168 Å². The maximum Gasteiger partial charge on any atom is 0.236 e. The number of rotatable bonds is 6. The molecule has 0 atom stereocenters. The standard InChI is InChI=1S/C24H20FN3O/c25-22-14-8-7-13-20(22)16-28-17-21(15-26-28)27-24(29)23(18-9-3-1-4-10-18)19-11-5-2-6-12-19/h1-15,17,23H,16H2,(H,27,29). The van der Waals surface area contributed by atoms with Gasteiger partial charge in [0.1, 0.15) is 5.82 Å². The number of halogens is 1. The molecule has 0 saturated carbocycles. The van der Waals surface area contributed by atoms with E-state index < -0.39 is 5.92 Å². The quantitative estimate of drug-likeness (QED) is 0.516. The third-order valence-corrected chi connectivity index (χ3v) is 4.72. The molecule has 3 aromatic carbocycles. The molecule has 144 valence electrons. The molecule has 0 aliphatic carbocycles. The van der Waals surface area contributed by atoms with Crippen molar-refractivity contribution >= 4 is 11.6 Å².